The summed E-state index contributed by atoms with van der Waals surface area (Å²) >= 11 is 0. The molecule has 1 aromatic carbocycles. The Morgan fingerprint density at radius 2 is 1.89 bits per heavy atom. The molecule has 0 saturated carbocycles. The van der Waals surface area contributed by atoms with E-state index in [1.807, 2.05) is 0 Å². The summed E-state index contributed by atoms with van der Waals surface area (Å²) in [5.74, 6) is 0.793. The minimum absolute atomic E-state index is 0.573. The Balaban J connectivity index is 2.06. The molecule has 1 saturated heterocycles. The molecule has 1 unspecified atom stereocenters. The zero-order valence-corrected chi connectivity index (χ0v) is 12.0. The quantitative estimate of drug-likeness (QED) is 0.806. The summed E-state index contributed by atoms with van der Waals surface area (Å²) in [5, 5.41) is 0. The lowest BCUT2D eigenvalue weighted by atomic mass is 10.0. The Kier molecular flexibility index (Phi) is 4.79. The molecule has 1 heterocycles. The maximum absolute atomic E-state index is 2.66. The molecule has 2 rings (SSSR count). The van der Waals surface area contributed by atoms with Gasteiger partial charge in [-0.15, -0.1) is 0 Å². The molecule has 2 nitrogen and oxygen atoms in total. The third-order valence-electron chi connectivity index (χ3n) is 3.87. The van der Waals surface area contributed by atoms with Gasteiger partial charge >= 0.3 is 0 Å². The fourth-order valence-electron chi connectivity index (χ4n) is 2.64. The number of piperazine rings is 1. The lowest BCUT2D eigenvalue weighted by Gasteiger charge is -2.40. The summed E-state index contributed by atoms with van der Waals surface area (Å²) in [4.78, 5) is 5.11. The normalized spacial score (nSPS) is 22.6. The van der Waals surface area contributed by atoms with Crippen molar-refractivity contribution < 1.29 is 0 Å². The predicted molar refractivity (Wildman–Crippen MR) is 77.7 cm³/mol. The maximum Gasteiger partial charge on any atom is 0.0475 e. The maximum atomic E-state index is 2.66. The van der Waals surface area contributed by atoms with Crippen LogP contribution in [0, 0.1) is 5.92 Å². The van der Waals surface area contributed by atoms with Gasteiger partial charge in [-0.3, -0.25) is 4.90 Å². The molecule has 1 aromatic rings. The summed E-state index contributed by atoms with van der Waals surface area (Å²) in [6.07, 6.45) is 1.30. The number of likely N-dealkylation sites (N-methyl/N-ethyl adjacent to an activating group) is 1. The van der Waals surface area contributed by atoms with Gasteiger partial charge in [-0.25, -0.2) is 0 Å². The van der Waals surface area contributed by atoms with Gasteiger partial charge in [-0.2, -0.15) is 0 Å². The topological polar surface area (TPSA) is 6.48 Å². The molecule has 0 spiro atoms. The second kappa shape index (κ2) is 6.35. The molecule has 0 N–H and O–H groups in total. The highest BCUT2D eigenvalue weighted by atomic mass is 15.3. The summed E-state index contributed by atoms with van der Waals surface area (Å²) in [7, 11) is 2.23. The Morgan fingerprint density at radius 1 is 1.17 bits per heavy atom. The van der Waals surface area contributed by atoms with Crippen LogP contribution in [0.5, 0.6) is 0 Å². The minimum Gasteiger partial charge on any atom is -0.303 e. The smallest absolute Gasteiger partial charge is 0.0475 e. The molecule has 1 fully saturated rings. The third-order valence-corrected chi connectivity index (χ3v) is 3.87. The highest BCUT2D eigenvalue weighted by Crippen LogP contribution is 2.25. The van der Waals surface area contributed by atoms with Crippen molar-refractivity contribution in [2.75, 3.05) is 33.2 Å². The standard InChI is InChI=1S/C16H26N2/c1-14(2)9-10-18-12-11-17(3)13-16(18)15-7-5-4-6-8-15/h4-8,14,16H,9-13H2,1-3H3. The third kappa shape index (κ3) is 3.56. The Labute approximate surface area is 112 Å². The highest BCUT2D eigenvalue weighted by Gasteiger charge is 2.25. The monoisotopic (exact) mass is 246 g/mol. The van der Waals surface area contributed by atoms with Crippen LogP contribution in [0.15, 0.2) is 30.3 Å². The highest BCUT2D eigenvalue weighted by molar-refractivity contribution is 5.20. The molecule has 0 amide bonds. The van der Waals surface area contributed by atoms with Gasteiger partial charge in [0.05, 0.1) is 0 Å². The molecule has 0 bridgehead atoms. The SMILES string of the molecule is CC(C)CCN1CCN(C)CC1c1ccccc1. The molecule has 100 valence electrons. The lowest BCUT2D eigenvalue weighted by molar-refractivity contribution is 0.0856. The van der Waals surface area contributed by atoms with Crippen LogP contribution in [0.1, 0.15) is 31.9 Å². The molecule has 2 heteroatoms. The van der Waals surface area contributed by atoms with Gasteiger partial charge < -0.3 is 4.90 Å². The molecule has 0 aromatic heterocycles. The molecule has 1 aliphatic heterocycles. The van der Waals surface area contributed by atoms with Gasteiger partial charge in [-0.05, 0) is 31.5 Å². The second-order valence-electron chi connectivity index (χ2n) is 5.91. The fraction of sp³-hybridized carbons (Fsp3) is 0.625. The van der Waals surface area contributed by atoms with E-state index in [0.717, 1.165) is 12.5 Å². The summed E-state index contributed by atoms with van der Waals surface area (Å²) in [5.41, 5.74) is 1.47. The lowest BCUT2D eigenvalue weighted by Crippen LogP contribution is -2.47. The van der Waals surface area contributed by atoms with Crippen molar-refractivity contribution in [2.24, 2.45) is 5.92 Å². The first-order valence-electron chi connectivity index (χ1n) is 7.14. The first kappa shape index (κ1) is 13.6. The van der Waals surface area contributed by atoms with Crippen molar-refractivity contribution in [1.29, 1.82) is 0 Å². The predicted octanol–water partition coefficient (Wildman–Crippen LogP) is 3.02. The number of rotatable bonds is 4. The average Bonchev–Trinajstić information content (AvgIpc) is 2.38. The average molecular weight is 246 g/mol. The Hall–Kier alpha value is -0.860. The van der Waals surface area contributed by atoms with Gasteiger partial charge in [0.2, 0.25) is 0 Å². The largest absolute Gasteiger partial charge is 0.303 e. The molecule has 1 aliphatic rings. The fourth-order valence-corrected chi connectivity index (χ4v) is 2.64. The summed E-state index contributed by atoms with van der Waals surface area (Å²) in [6, 6.07) is 11.5. The van der Waals surface area contributed by atoms with Crippen molar-refractivity contribution in [1.82, 2.24) is 9.80 Å². The van der Waals surface area contributed by atoms with Crippen molar-refractivity contribution in [2.45, 2.75) is 26.3 Å². The molecular formula is C16H26N2. The van der Waals surface area contributed by atoms with Crippen molar-refractivity contribution >= 4 is 0 Å². The Bertz CT molecular complexity index is 347. The number of benzene rings is 1. The summed E-state index contributed by atoms with van der Waals surface area (Å²) < 4.78 is 0. The van der Waals surface area contributed by atoms with Crippen LogP contribution in [-0.2, 0) is 0 Å². The van der Waals surface area contributed by atoms with Gasteiger partial charge in [0.1, 0.15) is 0 Å². The van der Waals surface area contributed by atoms with Gasteiger partial charge in [-0.1, -0.05) is 44.2 Å². The Morgan fingerprint density at radius 3 is 2.56 bits per heavy atom. The van der Waals surface area contributed by atoms with Crippen LogP contribution in [0.25, 0.3) is 0 Å². The first-order chi connectivity index (χ1) is 8.66. The van der Waals surface area contributed by atoms with Gasteiger partial charge in [0.25, 0.3) is 0 Å². The van der Waals surface area contributed by atoms with E-state index in [-0.39, 0.29) is 0 Å². The van der Waals surface area contributed by atoms with E-state index in [1.165, 1.54) is 31.6 Å². The minimum atomic E-state index is 0.573. The summed E-state index contributed by atoms with van der Waals surface area (Å²) in [6.45, 7) is 9.40. The molecule has 0 aliphatic carbocycles. The van der Waals surface area contributed by atoms with Crippen LogP contribution >= 0.6 is 0 Å². The van der Waals surface area contributed by atoms with Crippen LogP contribution in [-0.4, -0.2) is 43.0 Å². The first-order valence-corrected chi connectivity index (χ1v) is 7.14. The van der Waals surface area contributed by atoms with E-state index < -0.39 is 0 Å². The van der Waals surface area contributed by atoms with E-state index >= 15 is 0 Å². The molecule has 1 atom stereocenters. The number of nitrogens with zero attached hydrogens (tertiary/aromatic N) is 2. The van der Waals surface area contributed by atoms with Crippen LogP contribution < -0.4 is 0 Å². The van der Waals surface area contributed by atoms with Crippen molar-refractivity contribution in [3.05, 3.63) is 35.9 Å². The van der Waals surface area contributed by atoms with Crippen LogP contribution in [0.2, 0.25) is 0 Å². The molecule has 0 radical (unpaired) electrons. The number of hydrogen-bond acceptors (Lipinski definition) is 2. The molecule has 18 heavy (non-hydrogen) atoms. The van der Waals surface area contributed by atoms with Gasteiger partial charge in [0.15, 0.2) is 0 Å². The van der Waals surface area contributed by atoms with E-state index in [0.29, 0.717) is 6.04 Å². The van der Waals surface area contributed by atoms with E-state index in [4.69, 9.17) is 0 Å². The number of hydrogen-bond donors (Lipinski definition) is 0. The van der Waals surface area contributed by atoms with Crippen molar-refractivity contribution in [3.8, 4) is 0 Å². The van der Waals surface area contributed by atoms with E-state index in [1.54, 1.807) is 0 Å². The second-order valence-corrected chi connectivity index (χ2v) is 5.91. The zero-order chi connectivity index (χ0) is 13.0. The van der Waals surface area contributed by atoms with E-state index in [9.17, 15) is 0 Å². The van der Waals surface area contributed by atoms with Crippen LogP contribution in [0.4, 0.5) is 0 Å². The van der Waals surface area contributed by atoms with Crippen LogP contribution in [0.3, 0.4) is 0 Å². The van der Waals surface area contributed by atoms with Crippen molar-refractivity contribution in [3.63, 3.8) is 0 Å². The van der Waals surface area contributed by atoms with Gasteiger partial charge in [0, 0.05) is 25.7 Å². The van der Waals surface area contributed by atoms with E-state index in [2.05, 4.69) is 61.0 Å². The molecular weight excluding hydrogens is 220 g/mol. The zero-order valence-electron chi connectivity index (χ0n) is 12.0.